The second-order valence-electron chi connectivity index (χ2n) is 2.74. The highest BCUT2D eigenvalue weighted by atomic mass is 127. The Morgan fingerprint density at radius 1 is 1.46 bits per heavy atom. The highest BCUT2D eigenvalue weighted by Crippen LogP contribution is 2.34. The van der Waals surface area contributed by atoms with Gasteiger partial charge in [-0.15, -0.1) is 11.3 Å². The van der Waals surface area contributed by atoms with Crippen LogP contribution < -0.4 is 5.73 Å². The number of rotatable bonds is 1. The van der Waals surface area contributed by atoms with Gasteiger partial charge in [0.1, 0.15) is 0 Å². The molecule has 0 aliphatic carbocycles. The van der Waals surface area contributed by atoms with Crippen molar-refractivity contribution in [2.45, 2.75) is 5.33 Å². The Bertz CT molecular complexity index is 452. The van der Waals surface area contributed by atoms with E-state index in [1.165, 1.54) is 19.2 Å². The topological polar surface area (TPSA) is 26.0 Å². The van der Waals surface area contributed by atoms with Crippen molar-refractivity contribution in [3.05, 3.63) is 26.6 Å². The van der Waals surface area contributed by atoms with E-state index in [1.807, 2.05) is 5.38 Å². The maximum atomic E-state index is 5.83. The second kappa shape index (κ2) is 3.74. The number of hydrogen-bond donors (Lipinski definition) is 1. The molecular formula is C9H7BrINS. The predicted molar refractivity (Wildman–Crippen MR) is 71.6 cm³/mol. The van der Waals surface area contributed by atoms with Gasteiger partial charge in [-0.05, 0) is 28.2 Å². The third kappa shape index (κ3) is 1.59. The third-order valence-electron chi connectivity index (χ3n) is 1.94. The zero-order valence-corrected chi connectivity index (χ0v) is 11.2. The van der Waals surface area contributed by atoms with Gasteiger partial charge in [0.2, 0.25) is 0 Å². The molecule has 0 saturated carbocycles. The highest BCUT2D eigenvalue weighted by Gasteiger charge is 2.07. The molecule has 0 fully saturated rings. The van der Waals surface area contributed by atoms with E-state index < -0.39 is 0 Å². The molecule has 1 aromatic carbocycles. The van der Waals surface area contributed by atoms with Crippen LogP contribution in [0.5, 0.6) is 0 Å². The standard InChI is InChI=1S/C9H7BrINS/c10-3-5-1-2-6-7(12)4-13-9(6)8(5)11/h1-2,4H,3,12H2. The number of benzene rings is 1. The lowest BCUT2D eigenvalue weighted by Crippen LogP contribution is -1.85. The van der Waals surface area contributed by atoms with Crippen molar-refractivity contribution in [3.8, 4) is 0 Å². The van der Waals surface area contributed by atoms with Crippen LogP contribution in [0.15, 0.2) is 17.5 Å². The molecule has 68 valence electrons. The van der Waals surface area contributed by atoms with Gasteiger partial charge < -0.3 is 5.73 Å². The van der Waals surface area contributed by atoms with Crippen molar-refractivity contribution < 1.29 is 0 Å². The van der Waals surface area contributed by atoms with E-state index in [1.54, 1.807) is 11.3 Å². The molecule has 0 aliphatic rings. The minimum Gasteiger partial charge on any atom is -0.398 e. The molecular weight excluding hydrogens is 361 g/mol. The van der Waals surface area contributed by atoms with Crippen LogP contribution in [0.1, 0.15) is 5.56 Å². The van der Waals surface area contributed by atoms with Crippen LogP contribution in [0.3, 0.4) is 0 Å². The number of anilines is 1. The van der Waals surface area contributed by atoms with Gasteiger partial charge in [0, 0.05) is 19.7 Å². The lowest BCUT2D eigenvalue weighted by molar-refractivity contribution is 1.44. The van der Waals surface area contributed by atoms with Gasteiger partial charge in [0.05, 0.1) is 10.4 Å². The molecule has 2 aromatic rings. The Labute approximate surface area is 103 Å². The summed E-state index contributed by atoms with van der Waals surface area (Å²) in [6.45, 7) is 0. The first-order chi connectivity index (χ1) is 6.24. The van der Waals surface area contributed by atoms with Gasteiger partial charge in [0.15, 0.2) is 0 Å². The van der Waals surface area contributed by atoms with E-state index in [0.717, 1.165) is 11.0 Å². The van der Waals surface area contributed by atoms with Gasteiger partial charge in [-0.2, -0.15) is 0 Å². The summed E-state index contributed by atoms with van der Waals surface area (Å²) in [6.07, 6.45) is 0. The predicted octanol–water partition coefficient (Wildman–Crippen LogP) is 3.98. The van der Waals surface area contributed by atoms with Crippen molar-refractivity contribution in [1.29, 1.82) is 0 Å². The normalized spacial score (nSPS) is 10.9. The average Bonchev–Trinajstić information content (AvgIpc) is 2.50. The number of thiophene rings is 1. The summed E-state index contributed by atoms with van der Waals surface area (Å²) in [5.74, 6) is 0. The summed E-state index contributed by atoms with van der Waals surface area (Å²) < 4.78 is 2.61. The van der Waals surface area contributed by atoms with Crippen LogP contribution in [0, 0.1) is 3.57 Å². The molecule has 4 heteroatoms. The van der Waals surface area contributed by atoms with E-state index in [0.29, 0.717) is 0 Å². The van der Waals surface area contributed by atoms with Crippen molar-refractivity contribution in [3.63, 3.8) is 0 Å². The van der Waals surface area contributed by atoms with Crippen LogP contribution in [0.25, 0.3) is 10.1 Å². The molecule has 1 aromatic heterocycles. The van der Waals surface area contributed by atoms with Crippen molar-refractivity contribution in [1.82, 2.24) is 0 Å². The summed E-state index contributed by atoms with van der Waals surface area (Å²) in [7, 11) is 0. The lowest BCUT2D eigenvalue weighted by atomic mass is 10.2. The molecule has 0 unspecified atom stereocenters. The Hall–Kier alpha value is 0.190. The Kier molecular flexibility index (Phi) is 2.80. The maximum Gasteiger partial charge on any atom is 0.0503 e. The fraction of sp³-hybridized carbons (Fsp3) is 0.111. The number of hydrogen-bond acceptors (Lipinski definition) is 2. The second-order valence-corrected chi connectivity index (χ2v) is 5.26. The van der Waals surface area contributed by atoms with Crippen LogP contribution in [0.2, 0.25) is 0 Å². The third-order valence-corrected chi connectivity index (χ3v) is 5.17. The van der Waals surface area contributed by atoms with Crippen LogP contribution in [0.4, 0.5) is 5.69 Å². The van der Waals surface area contributed by atoms with Gasteiger partial charge in [0.25, 0.3) is 0 Å². The molecule has 0 radical (unpaired) electrons. The lowest BCUT2D eigenvalue weighted by Gasteiger charge is -2.01. The molecule has 0 spiro atoms. The SMILES string of the molecule is Nc1csc2c(I)c(CBr)ccc12. The Balaban J connectivity index is 2.80. The summed E-state index contributed by atoms with van der Waals surface area (Å²) in [4.78, 5) is 0. The number of halogens is 2. The molecule has 0 aliphatic heterocycles. The highest BCUT2D eigenvalue weighted by molar-refractivity contribution is 14.1. The number of nitrogens with two attached hydrogens (primary N) is 1. The Morgan fingerprint density at radius 2 is 2.23 bits per heavy atom. The Morgan fingerprint density at radius 3 is 2.92 bits per heavy atom. The molecule has 0 saturated heterocycles. The largest absolute Gasteiger partial charge is 0.398 e. The van der Waals surface area contributed by atoms with E-state index in [-0.39, 0.29) is 0 Å². The number of fused-ring (bicyclic) bond motifs is 1. The van der Waals surface area contributed by atoms with Gasteiger partial charge >= 0.3 is 0 Å². The first-order valence-electron chi connectivity index (χ1n) is 3.74. The summed E-state index contributed by atoms with van der Waals surface area (Å²) >= 11 is 7.56. The molecule has 1 heterocycles. The summed E-state index contributed by atoms with van der Waals surface area (Å²) in [5, 5.41) is 4.09. The van der Waals surface area contributed by atoms with E-state index >= 15 is 0 Å². The van der Waals surface area contributed by atoms with Crippen LogP contribution >= 0.6 is 49.9 Å². The monoisotopic (exact) mass is 367 g/mol. The smallest absolute Gasteiger partial charge is 0.0503 e. The molecule has 2 rings (SSSR count). The molecule has 2 N–H and O–H groups in total. The average molecular weight is 368 g/mol. The first-order valence-corrected chi connectivity index (χ1v) is 6.82. The van der Waals surface area contributed by atoms with Crippen molar-refractivity contribution in [2.75, 3.05) is 5.73 Å². The van der Waals surface area contributed by atoms with Gasteiger partial charge in [-0.3, -0.25) is 0 Å². The van der Waals surface area contributed by atoms with E-state index in [9.17, 15) is 0 Å². The van der Waals surface area contributed by atoms with Crippen LogP contribution in [-0.2, 0) is 5.33 Å². The van der Waals surface area contributed by atoms with Crippen molar-refractivity contribution in [2.24, 2.45) is 0 Å². The number of alkyl halides is 1. The fourth-order valence-corrected chi connectivity index (χ4v) is 4.18. The van der Waals surface area contributed by atoms with E-state index in [2.05, 4.69) is 50.7 Å². The zero-order valence-electron chi connectivity index (χ0n) is 6.68. The minimum atomic E-state index is 0.888. The van der Waals surface area contributed by atoms with Crippen LogP contribution in [-0.4, -0.2) is 0 Å². The minimum absolute atomic E-state index is 0.888. The zero-order chi connectivity index (χ0) is 9.42. The molecule has 13 heavy (non-hydrogen) atoms. The molecule has 0 amide bonds. The van der Waals surface area contributed by atoms with Gasteiger partial charge in [-0.1, -0.05) is 28.1 Å². The van der Waals surface area contributed by atoms with Gasteiger partial charge in [-0.25, -0.2) is 0 Å². The maximum absolute atomic E-state index is 5.83. The molecule has 0 atom stereocenters. The molecule has 1 nitrogen and oxygen atoms in total. The molecule has 0 bridgehead atoms. The van der Waals surface area contributed by atoms with Crippen molar-refractivity contribution >= 4 is 65.6 Å². The first kappa shape index (κ1) is 9.73. The fourth-order valence-electron chi connectivity index (χ4n) is 1.23. The summed E-state index contributed by atoms with van der Waals surface area (Å²) in [5.41, 5.74) is 8.05. The summed E-state index contributed by atoms with van der Waals surface area (Å²) in [6, 6.07) is 4.22. The quantitative estimate of drug-likeness (QED) is 0.598. The van der Waals surface area contributed by atoms with E-state index in [4.69, 9.17) is 5.73 Å². The number of nitrogen functional groups attached to an aromatic ring is 1.